The molecule has 0 aliphatic carbocycles. The van der Waals surface area contributed by atoms with Crippen LogP contribution < -0.4 is 0 Å². The molecule has 1 unspecified atom stereocenters. The van der Waals surface area contributed by atoms with Crippen molar-refractivity contribution in [2.45, 2.75) is 24.6 Å². The summed E-state index contributed by atoms with van der Waals surface area (Å²) in [5, 5.41) is -0.0672. The average molecular weight is 285 g/mol. The number of rotatable bonds is 3. The summed E-state index contributed by atoms with van der Waals surface area (Å²) in [6, 6.07) is 14.2. The molecule has 0 aliphatic rings. The van der Waals surface area contributed by atoms with Gasteiger partial charge in [0.05, 0.1) is 9.71 Å². The van der Waals surface area contributed by atoms with E-state index in [0.717, 1.165) is 9.21 Å². The number of hydrogen-bond acceptors (Lipinski definition) is 1. The summed E-state index contributed by atoms with van der Waals surface area (Å²) in [5.41, 5.74) is 1.13. The first-order valence-corrected chi connectivity index (χ1v) is 7.10. The van der Waals surface area contributed by atoms with Gasteiger partial charge in [-0.3, -0.25) is 0 Å². The van der Waals surface area contributed by atoms with E-state index in [0.29, 0.717) is 0 Å². The fourth-order valence-electron chi connectivity index (χ4n) is 1.83. The van der Waals surface area contributed by atoms with Gasteiger partial charge in [-0.05, 0) is 17.7 Å². The highest BCUT2D eigenvalue weighted by Gasteiger charge is 2.31. The van der Waals surface area contributed by atoms with Crippen LogP contribution in [0.5, 0.6) is 0 Å². The summed E-state index contributed by atoms with van der Waals surface area (Å²) in [5.74, 6) is 0. The number of halogens is 2. The summed E-state index contributed by atoms with van der Waals surface area (Å²) in [7, 11) is 0. The highest BCUT2D eigenvalue weighted by Crippen LogP contribution is 2.44. The molecule has 1 aromatic carbocycles. The minimum atomic E-state index is -0.114. The van der Waals surface area contributed by atoms with Gasteiger partial charge in [0.2, 0.25) is 0 Å². The summed E-state index contributed by atoms with van der Waals surface area (Å²) >= 11 is 14.1. The topological polar surface area (TPSA) is 0 Å². The Bertz CT molecular complexity index is 488. The molecule has 0 radical (unpaired) electrons. The fourth-order valence-corrected chi connectivity index (χ4v) is 3.39. The van der Waals surface area contributed by atoms with Crippen LogP contribution in [0.25, 0.3) is 0 Å². The van der Waals surface area contributed by atoms with E-state index in [-0.39, 0.29) is 10.8 Å². The van der Waals surface area contributed by atoms with Crippen LogP contribution >= 0.6 is 34.5 Å². The third-order valence-corrected chi connectivity index (χ3v) is 5.20. The predicted octanol–water partition coefficient (Wildman–Crippen LogP) is 5.66. The molecule has 0 amide bonds. The molecule has 0 fully saturated rings. The molecule has 1 heterocycles. The van der Waals surface area contributed by atoms with Crippen LogP contribution in [-0.4, -0.2) is 0 Å². The van der Waals surface area contributed by atoms with Crippen LogP contribution in [0.15, 0.2) is 42.5 Å². The van der Waals surface area contributed by atoms with Crippen molar-refractivity contribution in [3.63, 3.8) is 0 Å². The second-order valence-corrected chi connectivity index (χ2v) is 6.78. The van der Waals surface area contributed by atoms with Gasteiger partial charge in [0, 0.05) is 10.3 Å². The van der Waals surface area contributed by atoms with Gasteiger partial charge in [-0.2, -0.15) is 0 Å². The van der Waals surface area contributed by atoms with E-state index in [1.54, 1.807) is 11.3 Å². The maximum absolute atomic E-state index is 6.60. The van der Waals surface area contributed by atoms with Crippen molar-refractivity contribution in [1.29, 1.82) is 0 Å². The molecule has 17 heavy (non-hydrogen) atoms. The molecular weight excluding hydrogens is 271 g/mol. The number of thiophene rings is 1. The standard InChI is InChI=1S/C14H14Cl2S/c1-14(2,10-6-4-3-5-7-10)13(16)11-8-9-12(15)17-11/h3-9,13H,1-2H3. The maximum Gasteiger partial charge on any atom is 0.0931 e. The molecule has 2 rings (SSSR count). The van der Waals surface area contributed by atoms with Crippen LogP contribution in [-0.2, 0) is 5.41 Å². The Kier molecular flexibility index (Phi) is 3.82. The van der Waals surface area contributed by atoms with Crippen molar-refractivity contribution >= 4 is 34.5 Å². The van der Waals surface area contributed by atoms with Crippen LogP contribution in [0.2, 0.25) is 4.34 Å². The Morgan fingerprint density at radius 2 is 1.71 bits per heavy atom. The van der Waals surface area contributed by atoms with Crippen LogP contribution in [0.1, 0.15) is 29.7 Å². The molecule has 1 aromatic heterocycles. The lowest BCUT2D eigenvalue weighted by Gasteiger charge is -2.30. The van der Waals surface area contributed by atoms with Crippen molar-refractivity contribution in [2.75, 3.05) is 0 Å². The Hall–Kier alpha value is -0.500. The minimum absolute atomic E-state index is 0.0672. The normalized spacial score (nSPS) is 13.6. The zero-order valence-electron chi connectivity index (χ0n) is 9.78. The molecule has 0 bridgehead atoms. The van der Waals surface area contributed by atoms with E-state index in [4.69, 9.17) is 23.2 Å². The molecule has 0 saturated carbocycles. The Morgan fingerprint density at radius 3 is 2.24 bits per heavy atom. The smallest absolute Gasteiger partial charge is 0.0931 e. The van der Waals surface area contributed by atoms with E-state index in [9.17, 15) is 0 Å². The van der Waals surface area contributed by atoms with Crippen LogP contribution in [0, 0.1) is 0 Å². The Labute approximate surface area is 116 Å². The van der Waals surface area contributed by atoms with E-state index in [1.807, 2.05) is 30.3 Å². The second-order valence-electron chi connectivity index (χ2n) is 4.59. The van der Waals surface area contributed by atoms with Crippen LogP contribution in [0.3, 0.4) is 0 Å². The number of alkyl halides is 1. The first kappa shape index (κ1) is 12.9. The Balaban J connectivity index is 2.33. The van der Waals surface area contributed by atoms with Gasteiger partial charge < -0.3 is 0 Å². The van der Waals surface area contributed by atoms with Crippen molar-refractivity contribution in [3.8, 4) is 0 Å². The van der Waals surface area contributed by atoms with Crippen molar-refractivity contribution in [2.24, 2.45) is 0 Å². The second kappa shape index (κ2) is 5.01. The van der Waals surface area contributed by atoms with Crippen LogP contribution in [0.4, 0.5) is 0 Å². The maximum atomic E-state index is 6.60. The predicted molar refractivity (Wildman–Crippen MR) is 77.4 cm³/mol. The summed E-state index contributed by atoms with van der Waals surface area (Å²) in [6.07, 6.45) is 0. The SMILES string of the molecule is CC(C)(c1ccccc1)C(Cl)c1ccc(Cl)s1. The molecule has 3 heteroatoms. The van der Waals surface area contributed by atoms with Crippen molar-refractivity contribution < 1.29 is 0 Å². The van der Waals surface area contributed by atoms with Gasteiger partial charge in [-0.1, -0.05) is 55.8 Å². The quantitative estimate of drug-likeness (QED) is 0.638. The minimum Gasteiger partial charge on any atom is -0.127 e. The van der Waals surface area contributed by atoms with Gasteiger partial charge in [-0.25, -0.2) is 0 Å². The lowest BCUT2D eigenvalue weighted by Crippen LogP contribution is -2.22. The van der Waals surface area contributed by atoms with Gasteiger partial charge >= 0.3 is 0 Å². The summed E-state index contributed by atoms with van der Waals surface area (Å²) in [4.78, 5) is 1.12. The molecule has 0 N–H and O–H groups in total. The zero-order valence-corrected chi connectivity index (χ0v) is 12.1. The largest absolute Gasteiger partial charge is 0.127 e. The molecule has 90 valence electrons. The molecule has 0 saturated heterocycles. The van der Waals surface area contributed by atoms with Crippen molar-refractivity contribution in [1.82, 2.24) is 0 Å². The summed E-state index contributed by atoms with van der Waals surface area (Å²) in [6.45, 7) is 4.32. The van der Waals surface area contributed by atoms with Gasteiger partial charge in [-0.15, -0.1) is 22.9 Å². The highest BCUT2D eigenvalue weighted by atomic mass is 35.5. The molecule has 0 nitrogen and oxygen atoms in total. The third-order valence-electron chi connectivity index (χ3n) is 3.00. The number of hydrogen-bond donors (Lipinski definition) is 0. The molecule has 0 aliphatic heterocycles. The fraction of sp³-hybridized carbons (Fsp3) is 0.286. The monoisotopic (exact) mass is 284 g/mol. The summed E-state index contributed by atoms with van der Waals surface area (Å²) < 4.78 is 0.787. The lowest BCUT2D eigenvalue weighted by molar-refractivity contribution is 0.509. The van der Waals surface area contributed by atoms with Gasteiger partial charge in [0.1, 0.15) is 0 Å². The zero-order chi connectivity index (χ0) is 12.5. The molecule has 2 aromatic rings. The third kappa shape index (κ3) is 2.67. The first-order valence-electron chi connectivity index (χ1n) is 5.46. The highest BCUT2D eigenvalue weighted by molar-refractivity contribution is 7.16. The number of benzene rings is 1. The Morgan fingerprint density at radius 1 is 1.06 bits per heavy atom. The average Bonchev–Trinajstić information content (AvgIpc) is 2.76. The lowest BCUT2D eigenvalue weighted by atomic mass is 9.81. The van der Waals surface area contributed by atoms with E-state index >= 15 is 0 Å². The molecule has 1 atom stereocenters. The first-order chi connectivity index (χ1) is 8.01. The van der Waals surface area contributed by atoms with E-state index in [2.05, 4.69) is 26.0 Å². The van der Waals surface area contributed by atoms with Crippen molar-refractivity contribution in [3.05, 3.63) is 57.2 Å². The van der Waals surface area contributed by atoms with Gasteiger partial charge in [0.15, 0.2) is 0 Å². The van der Waals surface area contributed by atoms with E-state index in [1.165, 1.54) is 5.56 Å². The van der Waals surface area contributed by atoms with E-state index < -0.39 is 0 Å². The molecule has 0 spiro atoms. The molecular formula is C14H14Cl2S. The van der Waals surface area contributed by atoms with Gasteiger partial charge in [0.25, 0.3) is 0 Å².